The smallest absolute Gasteiger partial charge is 0.262 e. The van der Waals surface area contributed by atoms with E-state index in [0.29, 0.717) is 11.3 Å². The Labute approximate surface area is 122 Å². The van der Waals surface area contributed by atoms with Crippen LogP contribution in [0.1, 0.15) is 11.1 Å². The van der Waals surface area contributed by atoms with Gasteiger partial charge in [0.1, 0.15) is 0 Å². The van der Waals surface area contributed by atoms with Gasteiger partial charge in [0.2, 0.25) is 0 Å². The summed E-state index contributed by atoms with van der Waals surface area (Å²) in [6.45, 7) is 3.55. The predicted molar refractivity (Wildman–Crippen MR) is 80.4 cm³/mol. The van der Waals surface area contributed by atoms with E-state index in [2.05, 4.69) is 9.71 Å². The minimum Gasteiger partial charge on any atom is -0.398 e. The number of aryl methyl sites for hydroxylation is 2. The summed E-state index contributed by atoms with van der Waals surface area (Å²) in [6.07, 6.45) is 1.51. The van der Waals surface area contributed by atoms with Crippen LogP contribution in [0.25, 0.3) is 0 Å². The summed E-state index contributed by atoms with van der Waals surface area (Å²) in [5, 5.41) is 0.105. The first kappa shape index (κ1) is 14.6. The molecule has 0 aliphatic rings. The number of pyridine rings is 1. The van der Waals surface area contributed by atoms with E-state index in [1.54, 1.807) is 26.0 Å². The highest BCUT2D eigenvalue weighted by Crippen LogP contribution is 2.26. The van der Waals surface area contributed by atoms with E-state index < -0.39 is 10.0 Å². The molecule has 2 rings (SSSR count). The van der Waals surface area contributed by atoms with Crippen LogP contribution in [0.4, 0.5) is 11.4 Å². The topological polar surface area (TPSA) is 85.1 Å². The molecule has 0 spiro atoms. The lowest BCUT2D eigenvalue weighted by Crippen LogP contribution is -2.15. The number of nitrogens with two attached hydrogens (primary N) is 1. The summed E-state index contributed by atoms with van der Waals surface area (Å²) < 4.78 is 27.1. The summed E-state index contributed by atoms with van der Waals surface area (Å²) in [6, 6.07) is 6.24. The number of nitrogens with one attached hydrogen (secondary N) is 1. The summed E-state index contributed by atoms with van der Waals surface area (Å²) in [5.41, 5.74) is 7.94. The van der Waals surface area contributed by atoms with Gasteiger partial charge in [-0.3, -0.25) is 4.72 Å². The molecule has 0 fully saturated rings. The Morgan fingerprint density at radius 2 is 1.90 bits per heavy atom. The average Bonchev–Trinajstić information content (AvgIpc) is 2.37. The molecule has 0 radical (unpaired) electrons. The molecule has 1 heterocycles. The Balaban J connectivity index is 2.43. The Bertz CT molecular complexity index is 740. The van der Waals surface area contributed by atoms with Gasteiger partial charge in [0.25, 0.3) is 10.0 Å². The molecular weight excluding hydrogens is 298 g/mol. The fourth-order valence-corrected chi connectivity index (χ4v) is 3.11. The molecule has 7 heteroatoms. The van der Waals surface area contributed by atoms with E-state index in [9.17, 15) is 8.42 Å². The molecular formula is C13H14ClN3O2S. The van der Waals surface area contributed by atoms with Crippen molar-refractivity contribution in [3.05, 3.63) is 46.7 Å². The second-order valence-corrected chi connectivity index (χ2v) is 6.46. The fourth-order valence-electron chi connectivity index (χ4n) is 1.63. The fraction of sp³-hybridized carbons (Fsp3) is 0.154. The minimum absolute atomic E-state index is 0.0833. The number of hydrogen-bond acceptors (Lipinski definition) is 4. The molecule has 106 valence electrons. The normalized spacial score (nSPS) is 11.3. The van der Waals surface area contributed by atoms with Crippen LogP contribution in [-0.2, 0) is 10.0 Å². The number of rotatable bonds is 3. The van der Waals surface area contributed by atoms with Crippen LogP contribution < -0.4 is 10.5 Å². The molecule has 0 aliphatic heterocycles. The Kier molecular flexibility index (Phi) is 3.87. The van der Waals surface area contributed by atoms with Crippen molar-refractivity contribution in [2.24, 2.45) is 0 Å². The van der Waals surface area contributed by atoms with Crippen molar-refractivity contribution in [1.29, 1.82) is 0 Å². The van der Waals surface area contributed by atoms with Crippen LogP contribution in [0.5, 0.6) is 0 Å². The number of sulfonamides is 1. The van der Waals surface area contributed by atoms with Crippen LogP contribution in [0.3, 0.4) is 0 Å². The summed E-state index contributed by atoms with van der Waals surface area (Å²) in [5.74, 6) is 0. The number of nitrogen functional groups attached to an aromatic ring is 1. The molecule has 2 aromatic rings. The maximum Gasteiger partial charge on any atom is 0.262 e. The third-order valence-electron chi connectivity index (χ3n) is 2.91. The van der Waals surface area contributed by atoms with Crippen molar-refractivity contribution in [3.8, 4) is 0 Å². The molecule has 0 saturated heterocycles. The van der Waals surface area contributed by atoms with Gasteiger partial charge in [-0.15, -0.1) is 0 Å². The number of aromatic nitrogens is 1. The molecule has 5 nitrogen and oxygen atoms in total. The van der Waals surface area contributed by atoms with Gasteiger partial charge in [-0.05, 0) is 43.2 Å². The molecule has 0 unspecified atom stereocenters. The lowest BCUT2D eigenvalue weighted by atomic mass is 10.2. The number of hydrogen-bond donors (Lipinski definition) is 2. The lowest BCUT2D eigenvalue weighted by Gasteiger charge is -2.12. The van der Waals surface area contributed by atoms with E-state index in [1.807, 2.05) is 0 Å². The Morgan fingerprint density at radius 1 is 1.20 bits per heavy atom. The number of halogens is 1. The maximum absolute atomic E-state index is 12.3. The van der Waals surface area contributed by atoms with Crippen molar-refractivity contribution in [2.75, 3.05) is 10.5 Å². The molecule has 1 aromatic heterocycles. The quantitative estimate of drug-likeness (QED) is 0.674. The first-order valence-electron chi connectivity index (χ1n) is 5.81. The highest BCUT2D eigenvalue weighted by atomic mass is 35.5. The van der Waals surface area contributed by atoms with Crippen LogP contribution in [0, 0.1) is 13.8 Å². The van der Waals surface area contributed by atoms with Gasteiger partial charge >= 0.3 is 0 Å². The van der Waals surface area contributed by atoms with Crippen molar-refractivity contribution in [1.82, 2.24) is 4.98 Å². The zero-order valence-electron chi connectivity index (χ0n) is 11.0. The summed E-state index contributed by atoms with van der Waals surface area (Å²) in [7, 11) is -3.75. The number of anilines is 2. The van der Waals surface area contributed by atoms with E-state index in [-0.39, 0.29) is 15.7 Å². The first-order valence-corrected chi connectivity index (χ1v) is 7.67. The molecule has 0 aliphatic carbocycles. The van der Waals surface area contributed by atoms with Gasteiger partial charge in [0.15, 0.2) is 5.15 Å². The lowest BCUT2D eigenvalue weighted by molar-refractivity contribution is 0.601. The molecule has 0 saturated carbocycles. The second-order valence-electron chi connectivity index (χ2n) is 4.42. The number of nitrogens with zero attached hydrogens (tertiary/aromatic N) is 1. The zero-order valence-corrected chi connectivity index (χ0v) is 12.6. The van der Waals surface area contributed by atoms with Crippen molar-refractivity contribution < 1.29 is 8.42 Å². The van der Waals surface area contributed by atoms with Gasteiger partial charge in [-0.1, -0.05) is 17.7 Å². The summed E-state index contributed by atoms with van der Waals surface area (Å²) in [4.78, 5) is 3.95. The Morgan fingerprint density at radius 3 is 2.50 bits per heavy atom. The zero-order chi connectivity index (χ0) is 14.9. The first-order chi connectivity index (χ1) is 9.31. The standard InChI is InChI=1S/C13H14ClN3O2S/c1-8-3-4-10(7-11(8)15)20(18,19)17-12-9(2)5-6-16-13(12)14/h3-7,17H,15H2,1-2H3. The largest absolute Gasteiger partial charge is 0.398 e. The van der Waals surface area contributed by atoms with Crippen molar-refractivity contribution >= 4 is 33.0 Å². The average molecular weight is 312 g/mol. The van der Waals surface area contributed by atoms with Crippen molar-refractivity contribution in [2.45, 2.75) is 18.7 Å². The third-order valence-corrected chi connectivity index (χ3v) is 4.54. The van der Waals surface area contributed by atoms with E-state index >= 15 is 0 Å². The molecule has 3 N–H and O–H groups in total. The molecule has 0 amide bonds. The molecule has 1 aromatic carbocycles. The molecule has 0 atom stereocenters. The van der Waals surface area contributed by atoms with Gasteiger partial charge < -0.3 is 5.73 Å². The maximum atomic E-state index is 12.3. The van der Waals surface area contributed by atoms with Gasteiger partial charge in [0.05, 0.1) is 10.6 Å². The number of benzene rings is 1. The monoisotopic (exact) mass is 311 g/mol. The van der Waals surface area contributed by atoms with E-state index in [0.717, 1.165) is 5.56 Å². The summed E-state index contributed by atoms with van der Waals surface area (Å²) >= 11 is 5.92. The van der Waals surface area contributed by atoms with Gasteiger partial charge in [0, 0.05) is 11.9 Å². The SMILES string of the molecule is Cc1ccc(S(=O)(=O)Nc2c(C)ccnc2Cl)cc1N. The predicted octanol–water partition coefficient (Wildman–Crippen LogP) is 2.73. The Hall–Kier alpha value is -1.79. The molecule has 0 bridgehead atoms. The van der Waals surface area contributed by atoms with E-state index in [4.69, 9.17) is 17.3 Å². The highest BCUT2D eigenvalue weighted by Gasteiger charge is 2.18. The van der Waals surface area contributed by atoms with Crippen molar-refractivity contribution in [3.63, 3.8) is 0 Å². The van der Waals surface area contributed by atoms with Crippen LogP contribution in [-0.4, -0.2) is 13.4 Å². The van der Waals surface area contributed by atoms with Crippen LogP contribution in [0.15, 0.2) is 35.4 Å². The van der Waals surface area contributed by atoms with E-state index in [1.165, 1.54) is 18.3 Å². The highest BCUT2D eigenvalue weighted by molar-refractivity contribution is 7.92. The minimum atomic E-state index is -3.75. The van der Waals surface area contributed by atoms with Gasteiger partial charge in [-0.2, -0.15) is 0 Å². The second kappa shape index (κ2) is 5.30. The van der Waals surface area contributed by atoms with Crippen LogP contribution in [0.2, 0.25) is 5.15 Å². The van der Waals surface area contributed by atoms with Crippen LogP contribution >= 0.6 is 11.6 Å². The van der Waals surface area contributed by atoms with Gasteiger partial charge in [-0.25, -0.2) is 13.4 Å². The molecule has 20 heavy (non-hydrogen) atoms. The third kappa shape index (κ3) is 2.86.